The normalized spacial score (nSPS) is 14.1. The maximum Gasteiger partial charge on any atom is 0.252 e. The molecule has 2 aromatic rings. The Labute approximate surface area is 174 Å². The van der Waals surface area contributed by atoms with Crippen LogP contribution >= 0.6 is 11.8 Å². The molecular formula is C20H24N6O2S. The summed E-state index contributed by atoms with van der Waals surface area (Å²) in [7, 11) is 0. The van der Waals surface area contributed by atoms with E-state index in [9.17, 15) is 9.59 Å². The van der Waals surface area contributed by atoms with Crippen molar-refractivity contribution in [2.24, 2.45) is 10.2 Å². The number of carbonyl (C=O) groups excluding carboxylic acids is 2. The Bertz CT molecular complexity index is 813. The molecule has 0 bridgehead atoms. The van der Waals surface area contributed by atoms with Crippen LogP contribution in [0.3, 0.4) is 0 Å². The van der Waals surface area contributed by atoms with Gasteiger partial charge in [0, 0.05) is 35.9 Å². The van der Waals surface area contributed by atoms with Crippen molar-refractivity contribution in [3.63, 3.8) is 0 Å². The van der Waals surface area contributed by atoms with Crippen LogP contribution in [0.4, 0.5) is 0 Å². The minimum atomic E-state index is -0.463. The lowest BCUT2D eigenvalue weighted by atomic mass is 10.2. The maximum absolute atomic E-state index is 12.3. The molecule has 2 atom stereocenters. The minimum Gasteiger partial charge on any atom is -0.272 e. The van der Waals surface area contributed by atoms with E-state index in [1.54, 1.807) is 52.5 Å². The van der Waals surface area contributed by atoms with E-state index in [4.69, 9.17) is 0 Å². The molecule has 2 N–H and O–H groups in total. The highest BCUT2D eigenvalue weighted by molar-refractivity contribution is 8.01. The van der Waals surface area contributed by atoms with Gasteiger partial charge in [0.05, 0.1) is 21.9 Å². The van der Waals surface area contributed by atoms with Gasteiger partial charge in [-0.3, -0.25) is 19.6 Å². The van der Waals surface area contributed by atoms with E-state index in [1.807, 2.05) is 24.3 Å². The van der Waals surface area contributed by atoms with Crippen molar-refractivity contribution in [3.05, 3.63) is 60.2 Å². The smallest absolute Gasteiger partial charge is 0.252 e. The predicted molar refractivity (Wildman–Crippen MR) is 116 cm³/mol. The lowest BCUT2D eigenvalue weighted by molar-refractivity contribution is -0.120. The first kappa shape index (κ1) is 22.2. The molecule has 152 valence electrons. The molecule has 29 heavy (non-hydrogen) atoms. The number of aromatic nitrogens is 2. The number of hydrazone groups is 2. The van der Waals surface area contributed by atoms with E-state index in [0.717, 1.165) is 11.1 Å². The highest BCUT2D eigenvalue weighted by Gasteiger charge is 2.21. The zero-order valence-electron chi connectivity index (χ0n) is 16.8. The van der Waals surface area contributed by atoms with E-state index in [2.05, 4.69) is 31.0 Å². The van der Waals surface area contributed by atoms with Crippen LogP contribution in [-0.2, 0) is 9.59 Å². The Morgan fingerprint density at radius 3 is 1.48 bits per heavy atom. The van der Waals surface area contributed by atoms with Gasteiger partial charge in [0.15, 0.2) is 0 Å². The van der Waals surface area contributed by atoms with Gasteiger partial charge < -0.3 is 0 Å². The van der Waals surface area contributed by atoms with E-state index in [-0.39, 0.29) is 11.8 Å². The van der Waals surface area contributed by atoms with E-state index in [0.29, 0.717) is 11.4 Å². The first-order valence-electron chi connectivity index (χ1n) is 9.03. The Morgan fingerprint density at radius 1 is 0.793 bits per heavy atom. The third-order valence-corrected chi connectivity index (χ3v) is 5.26. The van der Waals surface area contributed by atoms with Gasteiger partial charge in [0.25, 0.3) is 11.8 Å². The van der Waals surface area contributed by atoms with Crippen molar-refractivity contribution in [2.45, 2.75) is 38.2 Å². The van der Waals surface area contributed by atoms with Crippen LogP contribution in [-0.4, -0.2) is 43.7 Å². The number of carbonyl (C=O) groups is 2. The summed E-state index contributed by atoms with van der Waals surface area (Å²) >= 11 is 1.23. The van der Waals surface area contributed by atoms with Crippen molar-refractivity contribution < 1.29 is 9.59 Å². The van der Waals surface area contributed by atoms with Crippen LogP contribution in [0, 0.1) is 0 Å². The summed E-state index contributed by atoms with van der Waals surface area (Å²) in [6.07, 6.45) is 6.64. The molecule has 2 aromatic heterocycles. The van der Waals surface area contributed by atoms with Crippen LogP contribution in [0.15, 0.2) is 59.3 Å². The molecule has 2 unspecified atom stereocenters. The van der Waals surface area contributed by atoms with E-state index >= 15 is 0 Å². The molecule has 0 fully saturated rings. The van der Waals surface area contributed by atoms with Crippen molar-refractivity contribution in [1.29, 1.82) is 0 Å². The predicted octanol–water partition coefficient (Wildman–Crippen LogP) is 2.37. The van der Waals surface area contributed by atoms with Crippen molar-refractivity contribution >= 4 is 35.0 Å². The number of hydrogen-bond donors (Lipinski definition) is 2. The number of nitrogens with zero attached hydrogens (tertiary/aromatic N) is 4. The third kappa shape index (κ3) is 7.11. The topological polar surface area (TPSA) is 109 Å². The zero-order chi connectivity index (χ0) is 21.2. The summed E-state index contributed by atoms with van der Waals surface area (Å²) in [5, 5.41) is 7.29. The first-order valence-corrected chi connectivity index (χ1v) is 9.97. The quantitative estimate of drug-likeness (QED) is 0.511. The highest BCUT2D eigenvalue weighted by Crippen LogP contribution is 2.18. The molecule has 9 heteroatoms. The van der Waals surface area contributed by atoms with Crippen molar-refractivity contribution in [3.8, 4) is 0 Å². The molecule has 0 radical (unpaired) electrons. The molecule has 0 saturated heterocycles. The number of pyridine rings is 2. The molecule has 0 spiro atoms. The number of nitrogens with one attached hydrogen (secondary N) is 2. The van der Waals surface area contributed by atoms with Gasteiger partial charge in [0.1, 0.15) is 0 Å². The van der Waals surface area contributed by atoms with Crippen LogP contribution in [0.1, 0.15) is 38.8 Å². The summed E-state index contributed by atoms with van der Waals surface area (Å²) in [6.45, 7) is 7.05. The summed E-state index contributed by atoms with van der Waals surface area (Å²) in [4.78, 5) is 32.4. The molecule has 8 nitrogen and oxygen atoms in total. The fraction of sp³-hybridized carbons (Fsp3) is 0.300. The molecule has 2 rings (SSSR count). The summed E-state index contributed by atoms with van der Waals surface area (Å²) < 4.78 is 0. The average molecular weight is 413 g/mol. The second-order valence-corrected chi connectivity index (χ2v) is 7.93. The number of hydrogen-bond acceptors (Lipinski definition) is 7. The fourth-order valence-corrected chi connectivity index (χ4v) is 3.17. The van der Waals surface area contributed by atoms with E-state index < -0.39 is 10.5 Å². The largest absolute Gasteiger partial charge is 0.272 e. The molecule has 0 aliphatic carbocycles. The Morgan fingerprint density at radius 2 is 1.14 bits per heavy atom. The highest BCUT2D eigenvalue weighted by atomic mass is 32.2. The van der Waals surface area contributed by atoms with Crippen LogP contribution in [0.5, 0.6) is 0 Å². The SMILES string of the molecule is CC(=NNC(=O)C(C)SC(C)C(=O)NN=C(C)c1ccncc1)c1ccncc1. The van der Waals surface area contributed by atoms with Crippen LogP contribution in [0.2, 0.25) is 0 Å². The monoisotopic (exact) mass is 412 g/mol. The van der Waals surface area contributed by atoms with Gasteiger partial charge in [-0.15, -0.1) is 11.8 Å². The first-order chi connectivity index (χ1) is 13.9. The Balaban J connectivity index is 1.84. The Hall–Kier alpha value is -3.07. The Kier molecular flexibility index (Phi) is 8.47. The molecule has 0 saturated carbocycles. The van der Waals surface area contributed by atoms with Gasteiger partial charge in [-0.05, 0) is 52.0 Å². The minimum absolute atomic E-state index is 0.278. The number of rotatable bonds is 8. The van der Waals surface area contributed by atoms with Crippen molar-refractivity contribution in [1.82, 2.24) is 20.8 Å². The zero-order valence-corrected chi connectivity index (χ0v) is 17.6. The molecule has 0 aliphatic rings. The summed E-state index contributed by atoms with van der Waals surface area (Å²) in [6, 6.07) is 7.24. The average Bonchev–Trinajstić information content (AvgIpc) is 2.76. The molecule has 2 amide bonds. The lowest BCUT2D eigenvalue weighted by Gasteiger charge is -2.15. The summed E-state index contributed by atoms with van der Waals surface area (Å²) in [5.41, 5.74) is 8.16. The van der Waals surface area contributed by atoms with Crippen LogP contribution in [0.25, 0.3) is 0 Å². The van der Waals surface area contributed by atoms with Gasteiger partial charge >= 0.3 is 0 Å². The number of thioether (sulfide) groups is 1. The molecular weight excluding hydrogens is 388 g/mol. The number of amides is 2. The standard InChI is InChI=1S/C20H24N6O2S/c1-13(17-5-9-21-10-6-17)23-25-19(27)15(3)29-16(4)20(28)26-24-14(2)18-7-11-22-12-8-18/h5-12,15-16H,1-4H3,(H,25,27)(H,26,28). The summed E-state index contributed by atoms with van der Waals surface area (Å²) in [5.74, 6) is -0.556. The second-order valence-electron chi connectivity index (χ2n) is 6.24. The third-order valence-electron chi connectivity index (χ3n) is 4.01. The van der Waals surface area contributed by atoms with Crippen molar-refractivity contribution in [2.75, 3.05) is 0 Å². The van der Waals surface area contributed by atoms with Gasteiger partial charge in [-0.25, -0.2) is 10.9 Å². The van der Waals surface area contributed by atoms with Crippen LogP contribution < -0.4 is 10.9 Å². The van der Waals surface area contributed by atoms with Gasteiger partial charge in [-0.1, -0.05) is 0 Å². The van der Waals surface area contributed by atoms with Gasteiger partial charge in [-0.2, -0.15) is 10.2 Å². The molecule has 0 aromatic carbocycles. The fourth-order valence-electron chi connectivity index (χ4n) is 2.20. The lowest BCUT2D eigenvalue weighted by Crippen LogP contribution is -2.33. The van der Waals surface area contributed by atoms with Gasteiger partial charge in [0.2, 0.25) is 0 Å². The molecule has 0 aliphatic heterocycles. The second kappa shape index (κ2) is 11.1. The van der Waals surface area contributed by atoms with E-state index in [1.165, 1.54) is 11.8 Å². The maximum atomic E-state index is 12.3. The molecule has 2 heterocycles.